The zero-order valence-electron chi connectivity index (χ0n) is 16.6. The number of fused-ring (bicyclic) bond motifs is 1. The van der Waals surface area contributed by atoms with E-state index in [9.17, 15) is 22.7 Å². The highest BCUT2D eigenvalue weighted by Crippen LogP contribution is 2.34. The Kier molecular flexibility index (Phi) is 6.15. The number of rotatable bonds is 5. The van der Waals surface area contributed by atoms with E-state index in [1.165, 1.54) is 18.6 Å². The van der Waals surface area contributed by atoms with Crippen LogP contribution in [0.1, 0.15) is 17.2 Å². The Morgan fingerprint density at radius 1 is 1.03 bits per heavy atom. The monoisotopic (exact) mass is 478 g/mol. The molecule has 0 spiro atoms. The molecule has 0 saturated carbocycles. The van der Waals surface area contributed by atoms with Crippen molar-refractivity contribution >= 4 is 34.0 Å². The van der Waals surface area contributed by atoms with E-state index in [1.54, 1.807) is 18.2 Å². The first-order valence-corrected chi connectivity index (χ1v) is 9.88. The number of alkyl halides is 3. The molecule has 11 heteroatoms. The zero-order valence-corrected chi connectivity index (χ0v) is 17.4. The Balaban J connectivity index is 1.67. The third kappa shape index (κ3) is 4.72. The molecule has 4 rings (SSSR count). The average molecular weight is 479 g/mol. The molecular weight excluding hydrogens is 464 g/mol. The second-order valence-electron chi connectivity index (χ2n) is 7.07. The first-order chi connectivity index (χ1) is 15.7. The van der Waals surface area contributed by atoms with Gasteiger partial charge in [0, 0.05) is 28.4 Å². The number of anilines is 2. The van der Waals surface area contributed by atoms with Crippen molar-refractivity contribution in [3.63, 3.8) is 0 Å². The van der Waals surface area contributed by atoms with Crippen LogP contribution in [-0.4, -0.2) is 31.8 Å². The van der Waals surface area contributed by atoms with Gasteiger partial charge in [-0.15, -0.1) is 0 Å². The molecule has 0 aliphatic rings. The van der Waals surface area contributed by atoms with E-state index in [1.807, 2.05) is 0 Å². The number of nitrogens with zero attached hydrogens (tertiary/aromatic N) is 3. The first kappa shape index (κ1) is 22.8. The second-order valence-corrected chi connectivity index (χ2v) is 7.48. The number of pyridine rings is 1. The van der Waals surface area contributed by atoms with Gasteiger partial charge < -0.3 is 15.5 Å². The third-order valence-electron chi connectivity index (χ3n) is 4.87. The van der Waals surface area contributed by atoms with Crippen LogP contribution in [0, 0.1) is 5.82 Å². The molecule has 4 aromatic rings. The predicted octanol–water partition coefficient (Wildman–Crippen LogP) is 5.27. The highest BCUT2D eigenvalue weighted by atomic mass is 35.5. The molecule has 33 heavy (non-hydrogen) atoms. The summed E-state index contributed by atoms with van der Waals surface area (Å²) >= 11 is 6.30. The van der Waals surface area contributed by atoms with E-state index in [-0.39, 0.29) is 16.5 Å². The van der Waals surface area contributed by atoms with Crippen molar-refractivity contribution in [2.75, 3.05) is 11.9 Å². The number of benzene rings is 2. The summed E-state index contributed by atoms with van der Waals surface area (Å²) < 4.78 is 52.2. The molecule has 0 aliphatic heterocycles. The molecule has 0 aliphatic carbocycles. The average Bonchev–Trinajstić information content (AvgIpc) is 2.77. The summed E-state index contributed by atoms with van der Waals surface area (Å²) in [5.41, 5.74) is 0.618. The first-order valence-electron chi connectivity index (χ1n) is 9.50. The summed E-state index contributed by atoms with van der Waals surface area (Å²) in [6, 6.07) is 9.07. The van der Waals surface area contributed by atoms with Crippen molar-refractivity contribution in [1.29, 1.82) is 0 Å². The molecule has 2 aromatic heterocycles. The maximum Gasteiger partial charge on any atom is 0.419 e. The summed E-state index contributed by atoms with van der Waals surface area (Å²) in [5, 5.41) is 22.4. The predicted molar refractivity (Wildman–Crippen MR) is 115 cm³/mol. The topological polar surface area (TPSA) is 91.2 Å². The van der Waals surface area contributed by atoms with Gasteiger partial charge in [0.05, 0.1) is 28.4 Å². The molecule has 0 amide bonds. The van der Waals surface area contributed by atoms with E-state index in [0.717, 1.165) is 12.1 Å². The molecule has 6 nitrogen and oxygen atoms in total. The molecule has 1 atom stereocenters. The van der Waals surface area contributed by atoms with Crippen LogP contribution >= 0.6 is 11.6 Å². The second kappa shape index (κ2) is 8.89. The van der Waals surface area contributed by atoms with Crippen molar-refractivity contribution in [2.45, 2.75) is 12.3 Å². The Morgan fingerprint density at radius 3 is 2.48 bits per heavy atom. The standard InChI is InChI=1S/C22H15ClF4N4O2/c23-16-5-12(19(33)9-32)8-28-20(16)11-1-3-14-18(6-11)29-10-30-21(14)31-13-2-4-15(17(24)7-13)22(25,26)27/h1-8,10,19,32-33H,9H2,(H,29,30,31)/t19-/m1/s1. The summed E-state index contributed by atoms with van der Waals surface area (Å²) in [5.74, 6) is -1.13. The van der Waals surface area contributed by atoms with Gasteiger partial charge in [-0.25, -0.2) is 14.4 Å². The molecule has 2 heterocycles. The van der Waals surface area contributed by atoms with Crippen molar-refractivity contribution < 1.29 is 27.8 Å². The lowest BCUT2D eigenvalue weighted by Gasteiger charge is -2.13. The Labute approximate surface area is 189 Å². The van der Waals surface area contributed by atoms with E-state index in [0.29, 0.717) is 33.8 Å². The smallest absolute Gasteiger partial charge is 0.393 e. The molecular formula is C22H15ClF4N4O2. The highest BCUT2D eigenvalue weighted by Gasteiger charge is 2.33. The van der Waals surface area contributed by atoms with Gasteiger partial charge >= 0.3 is 6.18 Å². The zero-order chi connectivity index (χ0) is 23.8. The van der Waals surface area contributed by atoms with Gasteiger partial charge in [-0.3, -0.25) is 4.98 Å². The lowest BCUT2D eigenvalue weighted by Crippen LogP contribution is -2.08. The lowest BCUT2D eigenvalue weighted by atomic mass is 10.1. The molecule has 0 unspecified atom stereocenters. The third-order valence-corrected chi connectivity index (χ3v) is 5.16. The van der Waals surface area contributed by atoms with Gasteiger partial charge in [0.1, 0.15) is 24.1 Å². The van der Waals surface area contributed by atoms with Crippen molar-refractivity contribution in [3.8, 4) is 11.3 Å². The summed E-state index contributed by atoms with van der Waals surface area (Å²) in [6.45, 7) is -0.469. The van der Waals surface area contributed by atoms with Crippen LogP contribution in [0.5, 0.6) is 0 Å². The van der Waals surface area contributed by atoms with Crippen LogP contribution in [-0.2, 0) is 6.18 Å². The van der Waals surface area contributed by atoms with Gasteiger partial charge in [-0.05, 0) is 36.4 Å². The van der Waals surface area contributed by atoms with Gasteiger partial charge in [0.2, 0.25) is 0 Å². The van der Waals surface area contributed by atoms with E-state index >= 15 is 0 Å². The fourth-order valence-corrected chi connectivity index (χ4v) is 3.50. The number of nitrogens with one attached hydrogen (secondary N) is 1. The number of aromatic nitrogens is 3. The van der Waals surface area contributed by atoms with Gasteiger partial charge in [-0.1, -0.05) is 17.7 Å². The highest BCUT2D eigenvalue weighted by molar-refractivity contribution is 6.33. The summed E-state index contributed by atoms with van der Waals surface area (Å²) in [6.07, 6.45) is -3.23. The van der Waals surface area contributed by atoms with Crippen LogP contribution < -0.4 is 5.32 Å². The van der Waals surface area contributed by atoms with Crippen molar-refractivity contribution in [2.24, 2.45) is 0 Å². The van der Waals surface area contributed by atoms with Crippen LogP contribution in [0.4, 0.5) is 29.1 Å². The number of aliphatic hydroxyl groups is 2. The molecule has 0 saturated heterocycles. The van der Waals surface area contributed by atoms with Crippen LogP contribution in [0.25, 0.3) is 22.2 Å². The van der Waals surface area contributed by atoms with Crippen molar-refractivity contribution in [1.82, 2.24) is 15.0 Å². The minimum absolute atomic E-state index is 0.0901. The molecule has 0 radical (unpaired) electrons. The van der Waals surface area contributed by atoms with Crippen molar-refractivity contribution in [3.05, 3.63) is 77.0 Å². The molecule has 3 N–H and O–H groups in total. The van der Waals surface area contributed by atoms with Crippen LogP contribution in [0.2, 0.25) is 5.02 Å². The molecule has 0 bridgehead atoms. The normalized spacial score (nSPS) is 12.7. The minimum Gasteiger partial charge on any atom is -0.393 e. The largest absolute Gasteiger partial charge is 0.419 e. The molecule has 0 fully saturated rings. The number of halogens is 5. The lowest BCUT2D eigenvalue weighted by molar-refractivity contribution is -0.139. The Morgan fingerprint density at radius 2 is 1.82 bits per heavy atom. The van der Waals surface area contributed by atoms with Gasteiger partial charge in [0.25, 0.3) is 0 Å². The number of hydrogen-bond donors (Lipinski definition) is 3. The summed E-state index contributed by atoms with van der Waals surface area (Å²) in [4.78, 5) is 12.6. The minimum atomic E-state index is -4.79. The number of aliphatic hydroxyl groups excluding tert-OH is 2. The molecule has 2 aromatic carbocycles. The quantitative estimate of drug-likeness (QED) is 0.338. The Hall–Kier alpha value is -3.34. The van der Waals surface area contributed by atoms with Gasteiger partial charge in [0.15, 0.2) is 0 Å². The van der Waals surface area contributed by atoms with Gasteiger partial charge in [-0.2, -0.15) is 13.2 Å². The SMILES string of the molecule is OC[C@@H](O)c1cnc(-c2ccc3c(Nc4ccc(C(F)(F)F)c(F)c4)ncnc3c2)c(Cl)c1. The van der Waals surface area contributed by atoms with E-state index in [4.69, 9.17) is 16.7 Å². The summed E-state index contributed by atoms with van der Waals surface area (Å²) in [7, 11) is 0. The fourth-order valence-electron chi connectivity index (χ4n) is 3.22. The number of hydrogen-bond acceptors (Lipinski definition) is 6. The van der Waals surface area contributed by atoms with E-state index in [2.05, 4.69) is 20.3 Å². The molecule has 170 valence electrons. The van der Waals surface area contributed by atoms with Crippen LogP contribution in [0.3, 0.4) is 0 Å². The maximum absolute atomic E-state index is 13.9. The Bertz CT molecular complexity index is 1330. The van der Waals surface area contributed by atoms with Crippen LogP contribution in [0.15, 0.2) is 55.0 Å². The van der Waals surface area contributed by atoms with E-state index < -0.39 is 30.3 Å². The maximum atomic E-state index is 13.9. The fraction of sp³-hybridized carbons (Fsp3) is 0.136.